The van der Waals surface area contributed by atoms with Gasteiger partial charge in [-0.1, -0.05) is 32.0 Å². The Morgan fingerprint density at radius 1 is 1.20 bits per heavy atom. The van der Waals surface area contributed by atoms with Crippen molar-refractivity contribution in [2.24, 2.45) is 5.92 Å². The van der Waals surface area contributed by atoms with Gasteiger partial charge in [-0.2, -0.15) is 0 Å². The molecule has 0 aliphatic carbocycles. The molecule has 5 nitrogen and oxygen atoms in total. The molecular formula is C20H29N3O2. The molecule has 3 rings (SSSR count). The Kier molecular flexibility index (Phi) is 5.42. The van der Waals surface area contributed by atoms with Crippen LogP contribution in [-0.2, 0) is 9.59 Å². The number of likely N-dealkylation sites (tertiary alicyclic amines) is 2. The van der Waals surface area contributed by atoms with Gasteiger partial charge in [-0.15, -0.1) is 0 Å². The number of carbonyl (C=O) groups excluding carboxylic acids is 2. The molecule has 25 heavy (non-hydrogen) atoms. The van der Waals surface area contributed by atoms with E-state index in [0.29, 0.717) is 24.4 Å². The molecule has 5 heteroatoms. The predicted molar refractivity (Wildman–Crippen MR) is 99.5 cm³/mol. The van der Waals surface area contributed by atoms with E-state index in [0.717, 1.165) is 38.2 Å². The van der Waals surface area contributed by atoms with Gasteiger partial charge in [0.25, 0.3) is 0 Å². The summed E-state index contributed by atoms with van der Waals surface area (Å²) >= 11 is 0. The monoisotopic (exact) mass is 343 g/mol. The summed E-state index contributed by atoms with van der Waals surface area (Å²) in [6.07, 6.45) is 2.05. The Labute approximate surface area is 150 Å². The van der Waals surface area contributed by atoms with Gasteiger partial charge in [-0.25, -0.2) is 0 Å². The molecule has 2 amide bonds. The predicted octanol–water partition coefficient (Wildman–Crippen LogP) is 2.69. The minimum Gasteiger partial charge on any atom is -0.343 e. The summed E-state index contributed by atoms with van der Waals surface area (Å²) < 4.78 is 0. The molecule has 0 saturated carbocycles. The topological polar surface area (TPSA) is 52.7 Å². The third kappa shape index (κ3) is 4.03. The molecule has 2 aliphatic heterocycles. The number of nitrogens with one attached hydrogen (secondary N) is 1. The van der Waals surface area contributed by atoms with Crippen molar-refractivity contribution >= 4 is 17.5 Å². The van der Waals surface area contributed by atoms with Crippen LogP contribution in [-0.4, -0.2) is 53.8 Å². The van der Waals surface area contributed by atoms with Crippen LogP contribution in [0.3, 0.4) is 0 Å². The van der Waals surface area contributed by atoms with Crippen LogP contribution in [0.5, 0.6) is 0 Å². The number of piperidine rings is 1. The van der Waals surface area contributed by atoms with Crippen LogP contribution in [0, 0.1) is 5.92 Å². The van der Waals surface area contributed by atoms with Crippen molar-refractivity contribution in [1.82, 2.24) is 9.80 Å². The highest BCUT2D eigenvalue weighted by Gasteiger charge is 2.39. The van der Waals surface area contributed by atoms with Crippen molar-refractivity contribution in [3.05, 3.63) is 29.8 Å². The molecule has 2 fully saturated rings. The molecule has 2 heterocycles. The number of carbonyl (C=O) groups is 2. The minimum absolute atomic E-state index is 0.0581. The fourth-order valence-electron chi connectivity index (χ4n) is 4.25. The van der Waals surface area contributed by atoms with Crippen LogP contribution >= 0.6 is 0 Å². The average molecular weight is 343 g/mol. The number of benzene rings is 1. The largest absolute Gasteiger partial charge is 0.343 e. The second-order valence-electron chi connectivity index (χ2n) is 7.63. The van der Waals surface area contributed by atoms with Gasteiger partial charge < -0.3 is 10.2 Å². The zero-order chi connectivity index (χ0) is 18.0. The molecule has 136 valence electrons. The summed E-state index contributed by atoms with van der Waals surface area (Å²) in [6, 6.07) is 8.46. The zero-order valence-corrected chi connectivity index (χ0v) is 15.5. The fourth-order valence-corrected chi connectivity index (χ4v) is 4.25. The van der Waals surface area contributed by atoms with Crippen molar-refractivity contribution in [2.75, 3.05) is 31.5 Å². The molecule has 0 spiro atoms. The lowest BCUT2D eigenvalue weighted by atomic mass is 9.93. The van der Waals surface area contributed by atoms with Crippen molar-refractivity contribution in [1.29, 1.82) is 0 Å². The van der Waals surface area contributed by atoms with Gasteiger partial charge in [-0.05, 0) is 42.9 Å². The summed E-state index contributed by atoms with van der Waals surface area (Å²) in [5.74, 6) is 1.11. The first kappa shape index (κ1) is 17.9. The maximum atomic E-state index is 12.6. The third-order valence-corrected chi connectivity index (χ3v) is 5.60. The summed E-state index contributed by atoms with van der Waals surface area (Å²) in [5, 5.41) is 3.10. The van der Waals surface area contributed by atoms with E-state index in [1.165, 1.54) is 5.56 Å². The lowest BCUT2D eigenvalue weighted by Gasteiger charge is -2.37. The summed E-state index contributed by atoms with van der Waals surface area (Å²) in [7, 11) is 0. The van der Waals surface area contributed by atoms with Crippen molar-refractivity contribution in [3.63, 3.8) is 0 Å². The lowest BCUT2D eigenvalue weighted by Crippen LogP contribution is -2.48. The SMILES string of the molecule is CC(=O)N1CC[C@H]2[C@H](CCN2CC(=O)Nc2ccccc2C(C)C)C1. The highest BCUT2D eigenvalue weighted by atomic mass is 16.2. The molecule has 0 radical (unpaired) electrons. The number of hydrogen-bond donors (Lipinski definition) is 1. The maximum absolute atomic E-state index is 12.6. The molecule has 1 aromatic carbocycles. The van der Waals surface area contributed by atoms with E-state index in [1.54, 1.807) is 6.92 Å². The van der Waals surface area contributed by atoms with Crippen LogP contribution in [0.1, 0.15) is 45.1 Å². The van der Waals surface area contributed by atoms with E-state index in [4.69, 9.17) is 0 Å². The molecule has 2 saturated heterocycles. The van der Waals surface area contributed by atoms with Gasteiger partial charge in [0.1, 0.15) is 0 Å². The Hall–Kier alpha value is -1.88. The zero-order valence-electron chi connectivity index (χ0n) is 15.5. The van der Waals surface area contributed by atoms with Gasteiger partial charge in [0.15, 0.2) is 0 Å². The molecule has 1 N–H and O–H groups in total. The Bertz CT molecular complexity index is 644. The van der Waals surface area contributed by atoms with E-state index in [-0.39, 0.29) is 11.8 Å². The van der Waals surface area contributed by atoms with E-state index in [2.05, 4.69) is 30.1 Å². The Morgan fingerprint density at radius 2 is 1.96 bits per heavy atom. The van der Waals surface area contributed by atoms with Gasteiger partial charge in [0.2, 0.25) is 11.8 Å². The second kappa shape index (κ2) is 7.56. The molecule has 0 bridgehead atoms. The van der Waals surface area contributed by atoms with Gasteiger partial charge in [-0.3, -0.25) is 14.5 Å². The molecular weight excluding hydrogens is 314 g/mol. The first-order valence-electron chi connectivity index (χ1n) is 9.34. The van der Waals surface area contributed by atoms with E-state index in [1.807, 2.05) is 23.1 Å². The molecule has 2 aliphatic rings. The quantitative estimate of drug-likeness (QED) is 0.914. The van der Waals surface area contributed by atoms with Gasteiger partial charge in [0, 0.05) is 31.7 Å². The first-order chi connectivity index (χ1) is 12.0. The number of nitrogens with zero attached hydrogens (tertiary/aromatic N) is 2. The second-order valence-corrected chi connectivity index (χ2v) is 7.63. The smallest absolute Gasteiger partial charge is 0.238 e. The van der Waals surface area contributed by atoms with Gasteiger partial charge in [0.05, 0.1) is 6.54 Å². The summed E-state index contributed by atoms with van der Waals surface area (Å²) in [5.41, 5.74) is 2.09. The van der Waals surface area contributed by atoms with E-state index >= 15 is 0 Å². The van der Waals surface area contributed by atoms with E-state index < -0.39 is 0 Å². The number of amides is 2. The summed E-state index contributed by atoms with van der Waals surface area (Å²) in [4.78, 5) is 28.4. The number of rotatable bonds is 4. The van der Waals surface area contributed by atoms with Gasteiger partial charge >= 0.3 is 0 Å². The number of fused-ring (bicyclic) bond motifs is 1. The van der Waals surface area contributed by atoms with E-state index in [9.17, 15) is 9.59 Å². The standard InChI is InChI=1S/C20H29N3O2/c1-14(2)17-6-4-5-7-18(17)21-20(25)13-23-10-8-16-12-22(15(3)24)11-9-19(16)23/h4-7,14,16,19H,8-13H2,1-3H3,(H,21,25)/t16-,19+/m1/s1. The van der Waals surface area contributed by atoms with Crippen molar-refractivity contribution in [2.45, 2.75) is 45.6 Å². The molecule has 2 atom stereocenters. The average Bonchev–Trinajstić information content (AvgIpc) is 2.97. The normalized spacial score (nSPS) is 23.6. The third-order valence-electron chi connectivity index (χ3n) is 5.60. The molecule has 1 aromatic rings. The highest BCUT2D eigenvalue weighted by Crippen LogP contribution is 2.31. The number of hydrogen-bond acceptors (Lipinski definition) is 3. The highest BCUT2D eigenvalue weighted by molar-refractivity contribution is 5.93. The van der Waals surface area contributed by atoms with Crippen LogP contribution in [0.25, 0.3) is 0 Å². The number of para-hydroxylation sites is 1. The Balaban J connectivity index is 1.59. The summed E-state index contributed by atoms with van der Waals surface area (Å²) in [6.45, 7) is 8.96. The first-order valence-corrected chi connectivity index (χ1v) is 9.34. The Morgan fingerprint density at radius 3 is 2.68 bits per heavy atom. The fraction of sp³-hybridized carbons (Fsp3) is 0.600. The number of anilines is 1. The minimum atomic E-state index is 0.0581. The lowest BCUT2D eigenvalue weighted by molar-refractivity contribution is -0.131. The van der Waals surface area contributed by atoms with Crippen LogP contribution < -0.4 is 5.32 Å². The molecule has 0 unspecified atom stereocenters. The van der Waals surface area contributed by atoms with Crippen molar-refractivity contribution < 1.29 is 9.59 Å². The maximum Gasteiger partial charge on any atom is 0.238 e. The van der Waals surface area contributed by atoms with Crippen LogP contribution in [0.4, 0.5) is 5.69 Å². The van der Waals surface area contributed by atoms with Crippen molar-refractivity contribution in [3.8, 4) is 0 Å². The van der Waals surface area contributed by atoms with Crippen LogP contribution in [0.15, 0.2) is 24.3 Å². The molecule has 0 aromatic heterocycles. The van der Waals surface area contributed by atoms with Crippen LogP contribution in [0.2, 0.25) is 0 Å².